The molecule has 0 aliphatic carbocycles. The second kappa shape index (κ2) is 6.87. The molecule has 3 aromatic rings. The standard InChI is InChI=1S/C17H13F3N4O2/c18-17(19,20)12-1-3-13(4-2-12)22-14-8-21-9-15(23-14)24-6-5-11(10-24)7-16(25)26/h1-6,8-10H,7H2,(H,22,23)(H,25,26). The average Bonchev–Trinajstić information content (AvgIpc) is 3.02. The van der Waals surface area contributed by atoms with Crippen LogP contribution in [0.2, 0.25) is 0 Å². The van der Waals surface area contributed by atoms with Crippen molar-refractivity contribution < 1.29 is 23.1 Å². The van der Waals surface area contributed by atoms with E-state index in [1.807, 2.05) is 0 Å². The maximum Gasteiger partial charge on any atom is 0.416 e. The van der Waals surface area contributed by atoms with E-state index in [0.717, 1.165) is 12.1 Å². The van der Waals surface area contributed by atoms with Gasteiger partial charge in [0.25, 0.3) is 0 Å². The van der Waals surface area contributed by atoms with Crippen LogP contribution in [0.5, 0.6) is 0 Å². The monoisotopic (exact) mass is 362 g/mol. The lowest BCUT2D eigenvalue weighted by Gasteiger charge is -2.10. The molecule has 2 N–H and O–H groups in total. The predicted molar refractivity (Wildman–Crippen MR) is 87.4 cm³/mol. The summed E-state index contributed by atoms with van der Waals surface area (Å²) < 4.78 is 39.4. The van der Waals surface area contributed by atoms with E-state index in [1.54, 1.807) is 23.0 Å². The molecule has 2 aromatic heterocycles. The molecule has 0 bridgehead atoms. The van der Waals surface area contributed by atoms with Gasteiger partial charge in [-0.3, -0.25) is 9.78 Å². The van der Waals surface area contributed by atoms with Gasteiger partial charge in [0.1, 0.15) is 0 Å². The fourth-order valence-electron chi connectivity index (χ4n) is 2.29. The fourth-order valence-corrected chi connectivity index (χ4v) is 2.29. The number of carboxylic acids is 1. The third kappa shape index (κ3) is 4.18. The lowest BCUT2D eigenvalue weighted by Crippen LogP contribution is -2.05. The van der Waals surface area contributed by atoms with E-state index in [2.05, 4.69) is 15.3 Å². The number of hydrogen-bond donors (Lipinski definition) is 2. The minimum absolute atomic E-state index is 0.107. The highest BCUT2D eigenvalue weighted by molar-refractivity contribution is 5.70. The van der Waals surface area contributed by atoms with Crippen molar-refractivity contribution in [1.29, 1.82) is 0 Å². The molecule has 26 heavy (non-hydrogen) atoms. The maximum absolute atomic E-state index is 12.6. The first-order chi connectivity index (χ1) is 12.3. The topological polar surface area (TPSA) is 80.0 Å². The number of alkyl halides is 3. The number of carbonyl (C=O) groups is 1. The van der Waals surface area contributed by atoms with Crippen LogP contribution in [-0.4, -0.2) is 25.6 Å². The van der Waals surface area contributed by atoms with Crippen molar-refractivity contribution in [2.75, 3.05) is 5.32 Å². The van der Waals surface area contributed by atoms with Crippen LogP contribution in [0, 0.1) is 0 Å². The van der Waals surface area contributed by atoms with Crippen molar-refractivity contribution in [2.45, 2.75) is 12.6 Å². The van der Waals surface area contributed by atoms with Crippen LogP contribution in [0.15, 0.2) is 55.1 Å². The van der Waals surface area contributed by atoms with Crippen molar-refractivity contribution in [3.63, 3.8) is 0 Å². The molecule has 2 heterocycles. The number of aliphatic carboxylic acids is 1. The SMILES string of the molecule is O=C(O)Cc1ccn(-c2cncc(Nc3ccc(C(F)(F)F)cc3)n2)c1. The number of nitrogens with zero attached hydrogens (tertiary/aromatic N) is 3. The molecular weight excluding hydrogens is 349 g/mol. The van der Waals surface area contributed by atoms with Gasteiger partial charge >= 0.3 is 12.1 Å². The van der Waals surface area contributed by atoms with Crippen LogP contribution < -0.4 is 5.32 Å². The molecule has 0 radical (unpaired) electrons. The van der Waals surface area contributed by atoms with Gasteiger partial charge in [-0.15, -0.1) is 0 Å². The minimum Gasteiger partial charge on any atom is -0.481 e. The largest absolute Gasteiger partial charge is 0.481 e. The summed E-state index contributed by atoms with van der Waals surface area (Å²) in [4.78, 5) is 19.1. The van der Waals surface area contributed by atoms with Gasteiger partial charge in [0.15, 0.2) is 11.6 Å². The molecule has 6 nitrogen and oxygen atoms in total. The highest BCUT2D eigenvalue weighted by atomic mass is 19.4. The molecule has 0 fully saturated rings. The van der Waals surface area contributed by atoms with Gasteiger partial charge in [-0.1, -0.05) is 0 Å². The summed E-state index contributed by atoms with van der Waals surface area (Å²) in [7, 11) is 0. The Morgan fingerprint density at radius 1 is 1.15 bits per heavy atom. The van der Waals surface area contributed by atoms with Crippen LogP contribution in [0.25, 0.3) is 5.82 Å². The molecule has 134 valence electrons. The number of aromatic nitrogens is 3. The van der Waals surface area contributed by atoms with Gasteiger partial charge < -0.3 is 15.0 Å². The van der Waals surface area contributed by atoms with Crippen LogP contribution >= 0.6 is 0 Å². The van der Waals surface area contributed by atoms with E-state index < -0.39 is 17.7 Å². The lowest BCUT2D eigenvalue weighted by atomic mass is 10.2. The van der Waals surface area contributed by atoms with Crippen LogP contribution in [0.1, 0.15) is 11.1 Å². The first-order valence-corrected chi connectivity index (χ1v) is 7.46. The lowest BCUT2D eigenvalue weighted by molar-refractivity contribution is -0.138. The van der Waals surface area contributed by atoms with Gasteiger partial charge in [0.05, 0.1) is 24.4 Å². The zero-order valence-corrected chi connectivity index (χ0v) is 13.2. The normalized spacial score (nSPS) is 11.3. The Labute approximate surface area is 146 Å². The van der Waals surface area contributed by atoms with E-state index in [4.69, 9.17) is 5.11 Å². The summed E-state index contributed by atoms with van der Waals surface area (Å²) >= 11 is 0. The molecule has 0 amide bonds. The minimum atomic E-state index is -4.39. The molecular formula is C17H13F3N4O2. The first kappa shape index (κ1) is 17.5. The van der Waals surface area contributed by atoms with Crippen molar-refractivity contribution in [3.05, 3.63) is 66.2 Å². The molecule has 0 spiro atoms. The Bertz CT molecular complexity index is 920. The van der Waals surface area contributed by atoms with Crippen molar-refractivity contribution >= 4 is 17.5 Å². The Balaban J connectivity index is 1.77. The first-order valence-electron chi connectivity index (χ1n) is 7.46. The Hall–Kier alpha value is -3.36. The van der Waals surface area contributed by atoms with Gasteiger partial charge in [-0.05, 0) is 35.9 Å². The molecule has 0 aliphatic rings. The number of nitrogens with one attached hydrogen (secondary N) is 1. The average molecular weight is 362 g/mol. The second-order valence-corrected chi connectivity index (χ2v) is 5.46. The van der Waals surface area contributed by atoms with E-state index in [1.165, 1.54) is 24.5 Å². The van der Waals surface area contributed by atoms with Gasteiger partial charge in [-0.2, -0.15) is 13.2 Å². The Morgan fingerprint density at radius 2 is 1.88 bits per heavy atom. The van der Waals surface area contributed by atoms with Gasteiger partial charge in [0, 0.05) is 18.1 Å². The van der Waals surface area contributed by atoms with Gasteiger partial charge in [-0.25, -0.2) is 4.98 Å². The molecule has 9 heteroatoms. The summed E-state index contributed by atoms with van der Waals surface area (Å²) in [5, 5.41) is 11.7. The third-order valence-electron chi connectivity index (χ3n) is 3.48. The molecule has 0 atom stereocenters. The molecule has 1 aromatic carbocycles. The molecule has 3 rings (SSSR count). The summed E-state index contributed by atoms with van der Waals surface area (Å²) in [6.45, 7) is 0. The van der Waals surface area contributed by atoms with Crippen molar-refractivity contribution in [2.24, 2.45) is 0 Å². The Kier molecular flexibility index (Phi) is 4.61. The summed E-state index contributed by atoms with van der Waals surface area (Å²) in [6.07, 6.45) is 1.71. The van der Waals surface area contributed by atoms with Crippen LogP contribution in [0.3, 0.4) is 0 Å². The highest BCUT2D eigenvalue weighted by Gasteiger charge is 2.29. The summed E-state index contributed by atoms with van der Waals surface area (Å²) in [6, 6.07) is 6.22. The Morgan fingerprint density at radius 3 is 2.54 bits per heavy atom. The molecule has 0 unspecified atom stereocenters. The summed E-state index contributed by atoms with van der Waals surface area (Å²) in [5.41, 5.74) is 0.310. The zero-order valence-electron chi connectivity index (χ0n) is 13.2. The number of anilines is 2. The van der Waals surface area contributed by atoms with Crippen molar-refractivity contribution in [3.8, 4) is 5.82 Å². The number of halogens is 3. The fraction of sp³-hybridized carbons (Fsp3) is 0.118. The second-order valence-electron chi connectivity index (χ2n) is 5.46. The molecule has 0 saturated carbocycles. The predicted octanol–water partition coefficient (Wildman–Crippen LogP) is 3.66. The highest BCUT2D eigenvalue weighted by Crippen LogP contribution is 2.30. The number of rotatable bonds is 5. The number of carboxylic acid groups (broad SMARTS) is 1. The molecule has 0 aliphatic heterocycles. The zero-order chi connectivity index (χ0) is 18.7. The quantitative estimate of drug-likeness (QED) is 0.724. The number of hydrogen-bond acceptors (Lipinski definition) is 4. The molecule has 0 saturated heterocycles. The van der Waals surface area contributed by atoms with Crippen LogP contribution in [-0.2, 0) is 17.4 Å². The van der Waals surface area contributed by atoms with Gasteiger partial charge in [0.2, 0.25) is 0 Å². The number of benzene rings is 1. The van der Waals surface area contributed by atoms with E-state index in [-0.39, 0.29) is 6.42 Å². The summed E-state index contributed by atoms with van der Waals surface area (Å²) in [5.74, 6) is -0.152. The van der Waals surface area contributed by atoms with E-state index in [0.29, 0.717) is 22.9 Å². The maximum atomic E-state index is 12.6. The van der Waals surface area contributed by atoms with Crippen molar-refractivity contribution in [1.82, 2.24) is 14.5 Å². The smallest absolute Gasteiger partial charge is 0.416 e. The third-order valence-corrected chi connectivity index (χ3v) is 3.48. The van der Waals surface area contributed by atoms with Crippen LogP contribution in [0.4, 0.5) is 24.7 Å². The van der Waals surface area contributed by atoms with E-state index >= 15 is 0 Å². The van der Waals surface area contributed by atoms with E-state index in [9.17, 15) is 18.0 Å².